The van der Waals surface area contributed by atoms with Crippen molar-refractivity contribution >= 4 is 31.9 Å². The molecule has 2 aromatic carbocycles. The third-order valence-corrected chi connectivity index (χ3v) is 4.64. The fourth-order valence-electron chi connectivity index (χ4n) is 2.57. The van der Waals surface area contributed by atoms with E-state index in [1.54, 1.807) is 0 Å². The molecule has 1 nitrogen and oxygen atoms in total. The maximum absolute atomic E-state index is 3.54. The van der Waals surface area contributed by atoms with Gasteiger partial charge in [0.1, 0.15) is 0 Å². The molecule has 3 aromatic rings. The molecule has 0 aliphatic rings. The van der Waals surface area contributed by atoms with E-state index < -0.39 is 0 Å². The van der Waals surface area contributed by atoms with Gasteiger partial charge in [-0.05, 0) is 67.4 Å². The van der Waals surface area contributed by atoms with E-state index in [0.717, 1.165) is 8.95 Å². The van der Waals surface area contributed by atoms with Gasteiger partial charge in [-0.15, -0.1) is 0 Å². The van der Waals surface area contributed by atoms with Crippen LogP contribution in [-0.4, -0.2) is 4.57 Å². The van der Waals surface area contributed by atoms with Crippen LogP contribution in [0.25, 0.3) is 16.9 Å². The third-order valence-electron chi connectivity index (χ3n) is 3.62. The van der Waals surface area contributed by atoms with Crippen molar-refractivity contribution in [2.75, 3.05) is 0 Å². The van der Waals surface area contributed by atoms with Crippen molar-refractivity contribution in [2.45, 2.75) is 13.8 Å². The van der Waals surface area contributed by atoms with Crippen molar-refractivity contribution in [1.82, 2.24) is 4.57 Å². The number of aryl methyl sites for hydroxylation is 2. The summed E-state index contributed by atoms with van der Waals surface area (Å²) in [6.07, 6.45) is 0. The Balaban J connectivity index is 2.19. The van der Waals surface area contributed by atoms with Crippen LogP contribution in [0.15, 0.2) is 63.5 Å². The molecule has 0 atom stereocenters. The number of aromatic nitrogens is 1. The molecule has 0 spiro atoms. The SMILES string of the molecule is Cc1cc(Br)ccc1-n1c(C)ccc1-c1ccc(Br)cc1. The van der Waals surface area contributed by atoms with Crippen molar-refractivity contribution in [1.29, 1.82) is 0 Å². The predicted molar refractivity (Wildman–Crippen MR) is 96.1 cm³/mol. The van der Waals surface area contributed by atoms with Crippen molar-refractivity contribution in [2.24, 2.45) is 0 Å². The monoisotopic (exact) mass is 403 g/mol. The second kappa shape index (κ2) is 5.82. The van der Waals surface area contributed by atoms with Crippen LogP contribution in [0.2, 0.25) is 0 Å². The molecule has 0 aliphatic carbocycles. The van der Waals surface area contributed by atoms with Gasteiger partial charge in [-0.25, -0.2) is 0 Å². The van der Waals surface area contributed by atoms with E-state index in [1.807, 2.05) is 0 Å². The molecular formula is C18H15Br2N. The summed E-state index contributed by atoms with van der Waals surface area (Å²) in [6.45, 7) is 4.29. The summed E-state index contributed by atoms with van der Waals surface area (Å²) in [7, 11) is 0. The summed E-state index contributed by atoms with van der Waals surface area (Å²) in [5, 5.41) is 0. The zero-order chi connectivity index (χ0) is 15.0. The Morgan fingerprint density at radius 3 is 2.10 bits per heavy atom. The Labute approximate surface area is 141 Å². The zero-order valence-electron chi connectivity index (χ0n) is 11.9. The molecule has 106 valence electrons. The molecule has 0 fully saturated rings. The third kappa shape index (κ3) is 2.85. The van der Waals surface area contributed by atoms with Gasteiger partial charge in [0.2, 0.25) is 0 Å². The number of halogens is 2. The topological polar surface area (TPSA) is 4.93 Å². The smallest absolute Gasteiger partial charge is 0.0531 e. The highest BCUT2D eigenvalue weighted by Gasteiger charge is 2.11. The van der Waals surface area contributed by atoms with Gasteiger partial charge in [-0.3, -0.25) is 0 Å². The number of nitrogens with zero attached hydrogens (tertiary/aromatic N) is 1. The molecule has 3 rings (SSSR count). The molecule has 3 heteroatoms. The van der Waals surface area contributed by atoms with Crippen molar-refractivity contribution in [3.63, 3.8) is 0 Å². The molecule has 0 bridgehead atoms. The van der Waals surface area contributed by atoms with Crippen LogP contribution in [0, 0.1) is 13.8 Å². The summed E-state index contributed by atoms with van der Waals surface area (Å²) in [4.78, 5) is 0. The number of hydrogen-bond donors (Lipinski definition) is 0. The molecule has 0 saturated carbocycles. The fourth-order valence-corrected chi connectivity index (χ4v) is 3.31. The minimum Gasteiger partial charge on any atom is -0.314 e. The second-order valence-electron chi connectivity index (χ2n) is 5.13. The average Bonchev–Trinajstić information content (AvgIpc) is 2.82. The fraction of sp³-hybridized carbons (Fsp3) is 0.111. The van der Waals surface area contributed by atoms with E-state index in [4.69, 9.17) is 0 Å². The predicted octanol–water partition coefficient (Wildman–Crippen LogP) is 6.29. The maximum atomic E-state index is 3.54. The van der Waals surface area contributed by atoms with Gasteiger partial charge in [-0.2, -0.15) is 0 Å². The minimum atomic E-state index is 1.10. The molecule has 1 heterocycles. The van der Waals surface area contributed by atoms with Gasteiger partial charge < -0.3 is 4.57 Å². The van der Waals surface area contributed by atoms with Crippen LogP contribution >= 0.6 is 31.9 Å². The van der Waals surface area contributed by atoms with Gasteiger partial charge in [0.05, 0.1) is 5.69 Å². The highest BCUT2D eigenvalue weighted by atomic mass is 79.9. The van der Waals surface area contributed by atoms with E-state index in [2.05, 4.69) is 105 Å². The largest absolute Gasteiger partial charge is 0.314 e. The van der Waals surface area contributed by atoms with Crippen LogP contribution in [0.5, 0.6) is 0 Å². The summed E-state index contributed by atoms with van der Waals surface area (Å²) < 4.78 is 4.52. The second-order valence-corrected chi connectivity index (χ2v) is 6.96. The lowest BCUT2D eigenvalue weighted by Crippen LogP contribution is -2.01. The van der Waals surface area contributed by atoms with Crippen LogP contribution in [-0.2, 0) is 0 Å². The Bertz CT molecular complexity index is 785. The number of benzene rings is 2. The standard InChI is InChI=1S/C18H15Br2N/c1-12-11-16(20)8-10-17(12)21-13(2)3-9-18(21)14-4-6-15(19)7-5-14/h3-11H,1-2H3. The minimum absolute atomic E-state index is 1.10. The molecule has 21 heavy (non-hydrogen) atoms. The summed E-state index contributed by atoms with van der Waals surface area (Å²) in [5.74, 6) is 0. The first kappa shape index (κ1) is 14.6. The molecule has 0 saturated heterocycles. The lowest BCUT2D eigenvalue weighted by Gasteiger charge is -2.15. The Kier molecular flexibility index (Phi) is 4.05. The molecule has 0 N–H and O–H groups in total. The summed E-state index contributed by atoms with van der Waals surface area (Å²) in [6, 6.07) is 19.2. The van der Waals surface area contributed by atoms with Gasteiger partial charge in [0, 0.05) is 20.3 Å². The van der Waals surface area contributed by atoms with Crippen molar-refractivity contribution in [3.05, 3.63) is 74.8 Å². The maximum Gasteiger partial charge on any atom is 0.0531 e. The van der Waals surface area contributed by atoms with Crippen molar-refractivity contribution in [3.8, 4) is 16.9 Å². The molecule has 0 unspecified atom stereocenters. The first-order valence-corrected chi connectivity index (χ1v) is 8.35. The van der Waals surface area contributed by atoms with E-state index in [9.17, 15) is 0 Å². The van der Waals surface area contributed by atoms with Crippen LogP contribution < -0.4 is 0 Å². The average molecular weight is 405 g/mol. The molecule has 0 amide bonds. The van der Waals surface area contributed by atoms with Gasteiger partial charge >= 0.3 is 0 Å². The van der Waals surface area contributed by atoms with E-state index in [1.165, 1.54) is 28.2 Å². The summed E-state index contributed by atoms with van der Waals surface area (Å²) >= 11 is 7.03. The van der Waals surface area contributed by atoms with Gasteiger partial charge in [0.25, 0.3) is 0 Å². The molecule has 1 aromatic heterocycles. The highest BCUT2D eigenvalue weighted by Crippen LogP contribution is 2.29. The highest BCUT2D eigenvalue weighted by molar-refractivity contribution is 9.10. The first-order chi connectivity index (χ1) is 10.1. The molecule has 0 radical (unpaired) electrons. The Hall–Kier alpha value is -1.32. The summed E-state index contributed by atoms with van der Waals surface area (Å²) in [5.41, 5.74) is 6.14. The first-order valence-electron chi connectivity index (χ1n) is 6.77. The van der Waals surface area contributed by atoms with Gasteiger partial charge in [-0.1, -0.05) is 44.0 Å². The van der Waals surface area contributed by atoms with E-state index in [0.29, 0.717) is 0 Å². The van der Waals surface area contributed by atoms with Crippen molar-refractivity contribution < 1.29 is 0 Å². The van der Waals surface area contributed by atoms with Crippen LogP contribution in [0.3, 0.4) is 0 Å². The zero-order valence-corrected chi connectivity index (χ0v) is 15.1. The quantitative estimate of drug-likeness (QED) is 0.473. The normalized spacial score (nSPS) is 10.9. The number of hydrogen-bond acceptors (Lipinski definition) is 0. The van der Waals surface area contributed by atoms with Crippen LogP contribution in [0.1, 0.15) is 11.3 Å². The molecular weight excluding hydrogens is 390 g/mol. The van der Waals surface area contributed by atoms with Gasteiger partial charge in [0.15, 0.2) is 0 Å². The lowest BCUT2D eigenvalue weighted by atomic mass is 10.1. The van der Waals surface area contributed by atoms with E-state index in [-0.39, 0.29) is 0 Å². The Morgan fingerprint density at radius 2 is 1.43 bits per heavy atom. The van der Waals surface area contributed by atoms with E-state index >= 15 is 0 Å². The Morgan fingerprint density at radius 1 is 0.762 bits per heavy atom. The lowest BCUT2D eigenvalue weighted by molar-refractivity contribution is 1.01. The number of rotatable bonds is 2. The molecule has 0 aliphatic heterocycles. The van der Waals surface area contributed by atoms with Crippen LogP contribution in [0.4, 0.5) is 0 Å².